The average Bonchev–Trinajstić information content (AvgIpc) is 2.02. The Labute approximate surface area is 101 Å². The Kier molecular flexibility index (Phi) is 3.77. The van der Waals surface area contributed by atoms with Crippen LogP contribution in [0.25, 0.3) is 0 Å². The van der Waals surface area contributed by atoms with Gasteiger partial charge in [0.25, 0.3) is 0 Å². The molecule has 74 valence electrons. The molecule has 0 N–H and O–H groups in total. The monoisotopic (exact) mass is 339 g/mol. The molecule has 1 aromatic rings. The molecule has 0 bridgehead atoms. The summed E-state index contributed by atoms with van der Waals surface area (Å²) in [5, 5.41) is 2.20. The van der Waals surface area contributed by atoms with E-state index in [4.69, 9.17) is 0 Å². The van der Waals surface area contributed by atoms with Crippen LogP contribution >= 0.6 is 34.8 Å². The third kappa shape index (κ3) is 3.13. The van der Waals surface area contributed by atoms with Crippen LogP contribution in [-0.2, 0) is 9.84 Å². The molecule has 0 saturated heterocycles. The quantitative estimate of drug-likeness (QED) is 0.472. The highest BCUT2D eigenvalue weighted by Crippen LogP contribution is 2.21. The highest BCUT2D eigenvalue weighted by molar-refractivity contribution is 14.1. The Morgan fingerprint density at radius 1 is 1.43 bits per heavy atom. The van der Waals surface area contributed by atoms with E-state index in [1.54, 1.807) is 12.1 Å². The maximum atomic E-state index is 11.3. The first kappa shape index (κ1) is 11.8. The maximum absolute atomic E-state index is 11.3. The molecule has 0 radical (unpaired) electrons. The van der Waals surface area contributed by atoms with Crippen LogP contribution in [0, 0.1) is 3.57 Å². The minimum absolute atomic E-state index is 0.244. The van der Waals surface area contributed by atoms with Crippen LogP contribution in [0.4, 0.5) is 5.69 Å². The van der Waals surface area contributed by atoms with E-state index in [-0.39, 0.29) is 4.90 Å². The Balaban J connectivity index is 3.42. The van der Waals surface area contributed by atoms with Gasteiger partial charge in [0, 0.05) is 9.83 Å². The lowest BCUT2D eigenvalue weighted by Crippen LogP contribution is -1.96. The van der Waals surface area contributed by atoms with Crippen LogP contribution in [0.15, 0.2) is 28.1 Å². The first-order valence-electron chi connectivity index (χ1n) is 3.52. The molecular weight excluding hydrogens is 333 g/mol. The first-order chi connectivity index (χ1) is 6.43. The number of halogens is 1. The van der Waals surface area contributed by atoms with Crippen molar-refractivity contribution in [1.29, 1.82) is 0 Å². The highest BCUT2D eigenvalue weighted by atomic mass is 127. The van der Waals surface area contributed by atoms with E-state index in [9.17, 15) is 8.42 Å². The lowest BCUT2D eigenvalue weighted by Gasteiger charge is -2.00. The fourth-order valence-electron chi connectivity index (χ4n) is 0.879. The second-order valence-electron chi connectivity index (χ2n) is 2.62. The highest BCUT2D eigenvalue weighted by Gasteiger charge is 2.08. The molecule has 0 unspecified atom stereocenters. The summed E-state index contributed by atoms with van der Waals surface area (Å²) in [7, 11) is -3.19. The fourth-order valence-corrected chi connectivity index (χ4v) is 2.53. The van der Waals surface area contributed by atoms with E-state index in [0.29, 0.717) is 5.69 Å². The van der Waals surface area contributed by atoms with Gasteiger partial charge in [-0.2, -0.15) is 4.99 Å². The van der Waals surface area contributed by atoms with Crippen LogP contribution in [-0.4, -0.2) is 19.8 Å². The van der Waals surface area contributed by atoms with Gasteiger partial charge in [0.05, 0.1) is 15.7 Å². The lowest BCUT2D eigenvalue weighted by atomic mass is 10.3. The van der Waals surface area contributed by atoms with E-state index in [1.165, 1.54) is 6.07 Å². The molecule has 0 spiro atoms. The van der Waals surface area contributed by atoms with Crippen molar-refractivity contribution in [2.45, 2.75) is 4.90 Å². The Morgan fingerprint density at radius 3 is 2.57 bits per heavy atom. The van der Waals surface area contributed by atoms with E-state index >= 15 is 0 Å². The van der Waals surface area contributed by atoms with Crippen LogP contribution in [0.3, 0.4) is 0 Å². The largest absolute Gasteiger partial charge is 0.224 e. The molecule has 1 aromatic carbocycles. The van der Waals surface area contributed by atoms with E-state index in [2.05, 4.69) is 22.4 Å². The van der Waals surface area contributed by atoms with E-state index < -0.39 is 9.84 Å². The summed E-state index contributed by atoms with van der Waals surface area (Å²) in [6, 6.07) is 4.78. The molecule has 0 aromatic heterocycles. The maximum Gasteiger partial charge on any atom is 0.175 e. The molecule has 0 amide bonds. The standard InChI is InChI=1S/C8H6INO2S2/c1-14(11,12)8-3-6(9)2-7(4-8)10-5-13/h2-4H,1H3. The van der Waals surface area contributed by atoms with Crippen molar-refractivity contribution in [1.82, 2.24) is 0 Å². The molecule has 1 rings (SSSR count). The average molecular weight is 339 g/mol. The minimum Gasteiger partial charge on any atom is -0.224 e. The van der Waals surface area contributed by atoms with Crippen molar-refractivity contribution in [3.63, 3.8) is 0 Å². The summed E-state index contributed by atoms with van der Waals surface area (Å²) in [4.78, 5) is 3.98. The lowest BCUT2D eigenvalue weighted by molar-refractivity contribution is 0.602. The number of hydrogen-bond acceptors (Lipinski definition) is 4. The molecular formula is C8H6INO2S2. The number of rotatable bonds is 2. The first-order valence-corrected chi connectivity index (χ1v) is 6.90. The third-order valence-corrected chi connectivity index (χ3v) is 3.27. The van der Waals surface area contributed by atoms with Gasteiger partial charge in [-0.05, 0) is 53.0 Å². The summed E-state index contributed by atoms with van der Waals surface area (Å²) >= 11 is 6.47. The predicted molar refractivity (Wildman–Crippen MR) is 67.0 cm³/mol. The van der Waals surface area contributed by atoms with Gasteiger partial charge in [-0.3, -0.25) is 0 Å². The van der Waals surface area contributed by atoms with Crippen molar-refractivity contribution < 1.29 is 8.42 Å². The van der Waals surface area contributed by atoms with Gasteiger partial charge in [-0.15, -0.1) is 0 Å². The number of nitrogens with zero attached hydrogens (tertiary/aromatic N) is 1. The summed E-state index contributed by atoms with van der Waals surface area (Å²) in [6.07, 6.45) is 1.16. The number of aliphatic imine (C=N–C) groups is 1. The molecule has 14 heavy (non-hydrogen) atoms. The summed E-state index contributed by atoms with van der Waals surface area (Å²) in [6.45, 7) is 0. The van der Waals surface area contributed by atoms with Gasteiger partial charge in [-0.1, -0.05) is 0 Å². The number of isothiocyanates is 1. The van der Waals surface area contributed by atoms with Gasteiger partial charge in [0.1, 0.15) is 0 Å². The number of thiocarbonyl (C=S) groups is 1. The van der Waals surface area contributed by atoms with Crippen molar-refractivity contribution in [3.8, 4) is 0 Å². The molecule has 0 aliphatic heterocycles. The van der Waals surface area contributed by atoms with Gasteiger partial charge in [-0.25, -0.2) is 8.42 Å². The fraction of sp³-hybridized carbons (Fsp3) is 0.125. The molecule has 0 aliphatic rings. The molecule has 6 heteroatoms. The van der Waals surface area contributed by atoms with Crippen LogP contribution in [0.5, 0.6) is 0 Å². The van der Waals surface area contributed by atoms with Crippen LogP contribution in [0.2, 0.25) is 0 Å². The summed E-state index contributed by atoms with van der Waals surface area (Å²) in [5.74, 6) is 0. The molecule has 0 saturated carbocycles. The number of hydrogen-bond donors (Lipinski definition) is 0. The van der Waals surface area contributed by atoms with Crippen molar-refractivity contribution in [2.24, 2.45) is 4.99 Å². The molecule has 3 nitrogen and oxygen atoms in total. The zero-order chi connectivity index (χ0) is 10.8. The van der Waals surface area contributed by atoms with Gasteiger partial charge < -0.3 is 0 Å². The van der Waals surface area contributed by atoms with Crippen LogP contribution < -0.4 is 0 Å². The van der Waals surface area contributed by atoms with E-state index in [0.717, 1.165) is 9.83 Å². The molecule has 0 fully saturated rings. The normalized spacial score (nSPS) is 10.7. The molecule has 0 atom stereocenters. The number of sulfone groups is 1. The minimum atomic E-state index is -3.19. The zero-order valence-electron chi connectivity index (χ0n) is 7.19. The Morgan fingerprint density at radius 2 is 2.07 bits per heavy atom. The van der Waals surface area contributed by atoms with Gasteiger partial charge in [0.15, 0.2) is 9.84 Å². The topological polar surface area (TPSA) is 46.5 Å². The second-order valence-corrected chi connectivity index (χ2v) is 6.06. The van der Waals surface area contributed by atoms with Gasteiger partial charge >= 0.3 is 0 Å². The summed E-state index contributed by atoms with van der Waals surface area (Å²) in [5.41, 5.74) is 0.507. The van der Waals surface area contributed by atoms with Crippen molar-refractivity contribution in [2.75, 3.05) is 6.26 Å². The SMILES string of the molecule is CS(=O)(=O)c1cc(I)cc(N=C=S)c1. The third-order valence-electron chi connectivity index (χ3n) is 1.46. The second kappa shape index (κ2) is 4.48. The zero-order valence-corrected chi connectivity index (χ0v) is 11.0. The smallest absolute Gasteiger partial charge is 0.175 e. The Bertz CT molecular complexity index is 504. The predicted octanol–water partition coefficient (Wildman–Crippen LogP) is 2.43. The molecule has 0 heterocycles. The van der Waals surface area contributed by atoms with Crippen molar-refractivity contribution in [3.05, 3.63) is 21.8 Å². The van der Waals surface area contributed by atoms with Gasteiger partial charge in [0.2, 0.25) is 0 Å². The summed E-state index contributed by atoms with van der Waals surface area (Å²) < 4.78 is 23.3. The molecule has 0 aliphatic carbocycles. The van der Waals surface area contributed by atoms with Crippen LogP contribution in [0.1, 0.15) is 0 Å². The van der Waals surface area contributed by atoms with E-state index in [1.807, 2.05) is 22.6 Å². The Hall–Kier alpha value is -0.300. The number of benzene rings is 1. The van der Waals surface area contributed by atoms with Crippen molar-refractivity contribution >= 4 is 55.5 Å².